The quantitative estimate of drug-likeness (QED) is 0.465. The number of nitrogens with one attached hydrogen (secondary N) is 2. The van der Waals surface area contributed by atoms with E-state index in [-0.39, 0.29) is 12.2 Å². The second-order valence-electron chi connectivity index (χ2n) is 6.77. The smallest absolute Gasteiger partial charge is 0.311 e. The van der Waals surface area contributed by atoms with Crippen LogP contribution in [0.1, 0.15) is 22.6 Å². The van der Waals surface area contributed by atoms with Crippen LogP contribution in [0.2, 0.25) is 0 Å². The van der Waals surface area contributed by atoms with Crippen LogP contribution in [0.15, 0.2) is 69.3 Å². The fraction of sp³-hybridized carbons (Fsp3) is 0.143. The van der Waals surface area contributed by atoms with Gasteiger partial charge in [-0.25, -0.2) is 9.18 Å². The van der Waals surface area contributed by atoms with Crippen LogP contribution in [0.25, 0.3) is 5.69 Å². The van der Waals surface area contributed by atoms with Gasteiger partial charge in [0.1, 0.15) is 11.6 Å². The molecule has 2 aromatic carbocycles. The molecule has 0 spiro atoms. The molecule has 7 nitrogen and oxygen atoms in total. The van der Waals surface area contributed by atoms with E-state index in [0.29, 0.717) is 28.1 Å². The zero-order valence-corrected chi connectivity index (χ0v) is 16.9. The van der Waals surface area contributed by atoms with Gasteiger partial charge in [0.05, 0.1) is 0 Å². The molecule has 9 heteroatoms. The van der Waals surface area contributed by atoms with E-state index in [0.717, 1.165) is 5.56 Å². The summed E-state index contributed by atoms with van der Waals surface area (Å²) in [6, 6.07) is 15.5. The van der Waals surface area contributed by atoms with Crippen molar-refractivity contribution in [2.24, 2.45) is 0 Å². The van der Waals surface area contributed by atoms with Gasteiger partial charge in [-0.15, -0.1) is 10.2 Å². The first-order chi connectivity index (χ1) is 14.5. The Kier molecular flexibility index (Phi) is 5.62. The van der Waals surface area contributed by atoms with E-state index in [1.807, 2.05) is 6.92 Å². The van der Waals surface area contributed by atoms with E-state index in [1.54, 1.807) is 16.7 Å². The number of benzene rings is 2. The molecule has 0 aliphatic rings. The maximum atomic E-state index is 13.4. The van der Waals surface area contributed by atoms with Crippen molar-refractivity contribution in [3.63, 3.8) is 0 Å². The predicted molar refractivity (Wildman–Crippen MR) is 113 cm³/mol. The molecule has 0 atom stereocenters. The van der Waals surface area contributed by atoms with E-state index in [4.69, 9.17) is 0 Å². The highest BCUT2D eigenvalue weighted by Crippen LogP contribution is 2.26. The van der Waals surface area contributed by atoms with Crippen molar-refractivity contribution < 1.29 is 4.39 Å². The average Bonchev–Trinajstić information content (AvgIpc) is 3.10. The molecule has 0 amide bonds. The molecule has 152 valence electrons. The minimum absolute atomic E-state index is 0.189. The Hall–Kier alpha value is -3.46. The van der Waals surface area contributed by atoms with Gasteiger partial charge in [0.25, 0.3) is 5.56 Å². The molecule has 0 aliphatic carbocycles. The van der Waals surface area contributed by atoms with Crippen molar-refractivity contribution in [2.45, 2.75) is 24.3 Å². The van der Waals surface area contributed by atoms with Gasteiger partial charge in [0.2, 0.25) is 0 Å². The Labute approximate surface area is 175 Å². The summed E-state index contributed by atoms with van der Waals surface area (Å²) in [5.74, 6) is 0.858. The zero-order valence-electron chi connectivity index (χ0n) is 16.1. The van der Waals surface area contributed by atoms with Crippen molar-refractivity contribution >= 4 is 11.8 Å². The molecule has 0 aliphatic heterocycles. The Morgan fingerprint density at radius 3 is 2.43 bits per heavy atom. The van der Waals surface area contributed by atoms with Gasteiger partial charge < -0.3 is 4.98 Å². The number of rotatable bonds is 6. The summed E-state index contributed by atoms with van der Waals surface area (Å²) in [5, 5.41) is 9.18. The Balaban J connectivity index is 1.69. The van der Waals surface area contributed by atoms with E-state index in [9.17, 15) is 14.0 Å². The molecule has 0 saturated heterocycles. The molecule has 2 heterocycles. The van der Waals surface area contributed by atoms with E-state index in [1.165, 1.54) is 35.5 Å². The molecule has 4 aromatic rings. The summed E-state index contributed by atoms with van der Waals surface area (Å²) in [7, 11) is 0. The molecule has 4 rings (SSSR count). The van der Waals surface area contributed by atoms with Crippen LogP contribution in [-0.2, 0) is 12.2 Å². The van der Waals surface area contributed by atoms with Gasteiger partial charge in [-0.2, -0.15) is 0 Å². The first-order valence-corrected chi connectivity index (χ1v) is 10.2. The monoisotopic (exact) mass is 423 g/mol. The van der Waals surface area contributed by atoms with Gasteiger partial charge in [0, 0.05) is 29.6 Å². The van der Waals surface area contributed by atoms with Gasteiger partial charge in [-0.3, -0.25) is 14.3 Å². The Morgan fingerprint density at radius 1 is 1.00 bits per heavy atom. The van der Waals surface area contributed by atoms with Crippen molar-refractivity contribution in [3.05, 3.63) is 104 Å². The molecular formula is C21H18FN5O2S. The largest absolute Gasteiger partial charge is 0.325 e. The maximum absolute atomic E-state index is 13.4. The van der Waals surface area contributed by atoms with Gasteiger partial charge in [-0.05, 0) is 36.8 Å². The third kappa shape index (κ3) is 4.57. The van der Waals surface area contributed by atoms with Crippen LogP contribution in [0.4, 0.5) is 4.39 Å². The lowest BCUT2D eigenvalue weighted by Crippen LogP contribution is -2.23. The normalized spacial score (nSPS) is 11.0. The molecule has 0 radical (unpaired) electrons. The van der Waals surface area contributed by atoms with Crippen LogP contribution in [0, 0.1) is 12.7 Å². The Morgan fingerprint density at radius 2 is 1.73 bits per heavy atom. The van der Waals surface area contributed by atoms with Gasteiger partial charge in [-0.1, -0.05) is 41.6 Å². The van der Waals surface area contributed by atoms with Crippen molar-refractivity contribution in [1.82, 2.24) is 24.7 Å². The van der Waals surface area contributed by atoms with Crippen LogP contribution in [-0.4, -0.2) is 24.7 Å². The molecule has 0 fully saturated rings. The molecular weight excluding hydrogens is 405 g/mol. The highest BCUT2D eigenvalue weighted by molar-refractivity contribution is 7.98. The first-order valence-electron chi connectivity index (χ1n) is 9.19. The van der Waals surface area contributed by atoms with Crippen LogP contribution in [0.3, 0.4) is 0 Å². The average molecular weight is 423 g/mol. The molecule has 30 heavy (non-hydrogen) atoms. The van der Waals surface area contributed by atoms with Crippen molar-refractivity contribution in [3.8, 4) is 5.69 Å². The molecule has 0 unspecified atom stereocenters. The summed E-state index contributed by atoms with van der Waals surface area (Å²) in [6.45, 7) is 2.04. The number of nitrogens with zero attached hydrogens (tertiary/aromatic N) is 3. The highest BCUT2D eigenvalue weighted by Gasteiger charge is 2.16. The van der Waals surface area contributed by atoms with E-state index < -0.39 is 11.2 Å². The number of thioether (sulfide) groups is 1. The lowest BCUT2D eigenvalue weighted by atomic mass is 10.2. The van der Waals surface area contributed by atoms with Crippen molar-refractivity contribution in [2.75, 3.05) is 0 Å². The minimum atomic E-state index is -0.584. The standard InChI is InChI=1S/C21H18FN5O2S/c1-13-2-4-14(5-3-13)12-30-21-26-25-18(10-16-11-19(28)24-20(29)23-16)27(21)17-8-6-15(22)7-9-17/h2-9,11H,10,12H2,1H3,(H2,23,24,28,29). The summed E-state index contributed by atoms with van der Waals surface area (Å²) < 4.78 is 15.2. The number of hydrogen-bond donors (Lipinski definition) is 2. The number of halogens is 1. The number of hydrogen-bond acceptors (Lipinski definition) is 5. The third-order valence-corrected chi connectivity index (χ3v) is 5.44. The van der Waals surface area contributed by atoms with Crippen LogP contribution >= 0.6 is 11.8 Å². The summed E-state index contributed by atoms with van der Waals surface area (Å²) >= 11 is 1.50. The number of aromatic amines is 2. The Bertz CT molecular complexity index is 1250. The van der Waals surface area contributed by atoms with Crippen LogP contribution in [0.5, 0.6) is 0 Å². The minimum Gasteiger partial charge on any atom is -0.311 e. The fourth-order valence-corrected chi connectivity index (χ4v) is 3.90. The maximum Gasteiger partial charge on any atom is 0.325 e. The highest BCUT2D eigenvalue weighted by atomic mass is 32.2. The number of aromatic nitrogens is 5. The SMILES string of the molecule is Cc1ccc(CSc2nnc(Cc3cc(=O)[nH]c(=O)[nH]3)n2-c2ccc(F)cc2)cc1. The van der Waals surface area contributed by atoms with Crippen molar-refractivity contribution in [1.29, 1.82) is 0 Å². The number of H-pyrrole nitrogens is 2. The molecule has 2 aromatic heterocycles. The summed E-state index contributed by atoms with van der Waals surface area (Å²) in [5.41, 5.74) is 2.35. The van der Waals surface area contributed by atoms with E-state index >= 15 is 0 Å². The molecule has 0 bridgehead atoms. The second kappa shape index (κ2) is 8.50. The van der Waals surface area contributed by atoms with Crippen LogP contribution < -0.4 is 11.2 Å². The summed E-state index contributed by atoms with van der Waals surface area (Å²) in [6.07, 6.45) is 0.189. The number of aryl methyl sites for hydroxylation is 1. The van der Waals surface area contributed by atoms with Gasteiger partial charge >= 0.3 is 5.69 Å². The van der Waals surface area contributed by atoms with E-state index in [2.05, 4.69) is 44.4 Å². The molecule has 2 N–H and O–H groups in total. The zero-order chi connectivity index (χ0) is 21.1. The van der Waals surface area contributed by atoms with Gasteiger partial charge in [0.15, 0.2) is 5.16 Å². The topological polar surface area (TPSA) is 96.4 Å². The fourth-order valence-electron chi connectivity index (χ4n) is 2.97. The lowest BCUT2D eigenvalue weighted by molar-refractivity contribution is 0.627. The first kappa shape index (κ1) is 19.8. The predicted octanol–water partition coefficient (Wildman–Crippen LogP) is 2.97. The second-order valence-corrected chi connectivity index (χ2v) is 7.72. The molecule has 0 saturated carbocycles. The lowest BCUT2D eigenvalue weighted by Gasteiger charge is -2.10. The third-order valence-electron chi connectivity index (χ3n) is 4.44. The summed E-state index contributed by atoms with van der Waals surface area (Å²) in [4.78, 5) is 27.9.